The predicted octanol–water partition coefficient (Wildman–Crippen LogP) is 2.49. The fraction of sp³-hybridized carbons (Fsp3) is 0.500. The molecule has 1 atom stereocenters. The minimum atomic E-state index is -0.251. The van der Waals surface area contributed by atoms with Crippen LogP contribution in [0.15, 0.2) is 23.8 Å². The maximum Gasteiger partial charge on any atom is 0.127 e. The zero-order valence-electron chi connectivity index (χ0n) is 12.5. The van der Waals surface area contributed by atoms with E-state index in [0.29, 0.717) is 31.2 Å². The van der Waals surface area contributed by atoms with Crippen molar-refractivity contribution in [3.8, 4) is 5.75 Å². The number of hydrogen-bond acceptors (Lipinski definition) is 4. The summed E-state index contributed by atoms with van der Waals surface area (Å²) in [6.07, 6.45) is 2.74. The lowest BCUT2D eigenvalue weighted by atomic mass is 9.98. The molecule has 0 radical (unpaired) electrons. The molecule has 1 aromatic carbocycles. The number of hydrogen-bond donors (Lipinski definition) is 2. The van der Waals surface area contributed by atoms with Gasteiger partial charge in [-0.2, -0.15) is 0 Å². The van der Waals surface area contributed by atoms with Crippen LogP contribution in [0.4, 0.5) is 0 Å². The van der Waals surface area contributed by atoms with Crippen LogP contribution in [0, 0.1) is 0 Å². The van der Waals surface area contributed by atoms with Crippen LogP contribution < -0.4 is 10.1 Å². The van der Waals surface area contributed by atoms with Crippen LogP contribution in [0.25, 0.3) is 6.08 Å². The van der Waals surface area contributed by atoms with Crippen molar-refractivity contribution >= 4 is 17.7 Å². The van der Waals surface area contributed by atoms with Crippen molar-refractivity contribution in [2.75, 3.05) is 33.5 Å². The molecule has 2 N–H and O–H groups in total. The number of halogens is 1. The van der Waals surface area contributed by atoms with Gasteiger partial charge in [0, 0.05) is 36.4 Å². The van der Waals surface area contributed by atoms with Crippen molar-refractivity contribution in [3.05, 3.63) is 34.4 Å². The first-order valence-electron chi connectivity index (χ1n) is 7.03. The number of benzene rings is 1. The molecular weight excluding hydrogens is 290 g/mol. The molecule has 1 unspecified atom stereocenters. The Hall–Kier alpha value is -1.07. The second-order valence-corrected chi connectivity index (χ2v) is 6.03. The average molecular weight is 312 g/mol. The second kappa shape index (κ2) is 7.27. The molecule has 0 aliphatic carbocycles. The SMILES string of the molecule is COCC(C)(CCO)NCC1=Cc2cc(Cl)ccc2OC1. The van der Waals surface area contributed by atoms with E-state index in [1.165, 1.54) is 0 Å². The molecule has 0 spiro atoms. The van der Waals surface area contributed by atoms with Gasteiger partial charge < -0.3 is 19.9 Å². The first kappa shape index (κ1) is 16.3. The fourth-order valence-electron chi connectivity index (χ4n) is 2.40. The predicted molar refractivity (Wildman–Crippen MR) is 84.9 cm³/mol. The van der Waals surface area contributed by atoms with Crippen molar-refractivity contribution in [2.24, 2.45) is 0 Å². The van der Waals surface area contributed by atoms with Crippen LogP contribution in [0.2, 0.25) is 5.02 Å². The summed E-state index contributed by atoms with van der Waals surface area (Å²) < 4.78 is 11.0. The van der Waals surface area contributed by atoms with Crippen molar-refractivity contribution in [1.29, 1.82) is 0 Å². The molecule has 0 fully saturated rings. The van der Waals surface area contributed by atoms with Crippen LogP contribution in [0.1, 0.15) is 18.9 Å². The third kappa shape index (κ3) is 4.45. The number of nitrogens with one attached hydrogen (secondary N) is 1. The molecule has 4 nitrogen and oxygen atoms in total. The van der Waals surface area contributed by atoms with Gasteiger partial charge >= 0.3 is 0 Å². The van der Waals surface area contributed by atoms with E-state index in [-0.39, 0.29) is 12.1 Å². The standard InChI is InChI=1S/C16H22ClNO3/c1-16(5-6-19,11-20-2)18-9-12-7-13-8-14(17)3-4-15(13)21-10-12/h3-4,7-8,18-19H,5-6,9-11H2,1-2H3. The largest absolute Gasteiger partial charge is 0.489 e. The molecule has 0 saturated heterocycles. The molecule has 0 bridgehead atoms. The molecule has 21 heavy (non-hydrogen) atoms. The number of aliphatic hydroxyl groups is 1. The van der Waals surface area contributed by atoms with Crippen LogP contribution in [-0.4, -0.2) is 44.1 Å². The molecule has 0 amide bonds. The van der Waals surface area contributed by atoms with Gasteiger partial charge in [0.25, 0.3) is 0 Å². The Morgan fingerprint density at radius 2 is 2.29 bits per heavy atom. The van der Waals surface area contributed by atoms with Gasteiger partial charge in [0.15, 0.2) is 0 Å². The summed E-state index contributed by atoms with van der Waals surface area (Å²) in [7, 11) is 1.67. The number of aliphatic hydroxyl groups excluding tert-OH is 1. The lowest BCUT2D eigenvalue weighted by Gasteiger charge is -2.31. The highest BCUT2D eigenvalue weighted by atomic mass is 35.5. The number of methoxy groups -OCH3 is 1. The zero-order chi connectivity index (χ0) is 15.3. The highest BCUT2D eigenvalue weighted by Gasteiger charge is 2.23. The monoisotopic (exact) mass is 311 g/mol. The topological polar surface area (TPSA) is 50.7 Å². The Kier molecular flexibility index (Phi) is 5.65. The molecule has 116 valence electrons. The Morgan fingerprint density at radius 3 is 3.00 bits per heavy atom. The van der Waals surface area contributed by atoms with E-state index >= 15 is 0 Å². The average Bonchev–Trinajstić information content (AvgIpc) is 2.45. The Bertz CT molecular complexity index is 510. The van der Waals surface area contributed by atoms with Gasteiger partial charge in [0.2, 0.25) is 0 Å². The lowest BCUT2D eigenvalue weighted by Crippen LogP contribution is -2.48. The van der Waals surface area contributed by atoms with Gasteiger partial charge in [-0.05, 0) is 43.2 Å². The molecule has 1 heterocycles. The highest BCUT2D eigenvalue weighted by Crippen LogP contribution is 2.28. The Labute approximate surface area is 130 Å². The van der Waals surface area contributed by atoms with E-state index in [0.717, 1.165) is 16.9 Å². The smallest absolute Gasteiger partial charge is 0.127 e. The number of rotatable bonds is 7. The van der Waals surface area contributed by atoms with E-state index in [2.05, 4.69) is 11.4 Å². The van der Waals surface area contributed by atoms with Crippen LogP contribution in [-0.2, 0) is 4.74 Å². The van der Waals surface area contributed by atoms with Crippen LogP contribution >= 0.6 is 11.6 Å². The van der Waals surface area contributed by atoms with Crippen molar-refractivity contribution < 1.29 is 14.6 Å². The van der Waals surface area contributed by atoms with E-state index in [4.69, 9.17) is 21.1 Å². The normalized spacial score (nSPS) is 16.7. The third-order valence-electron chi connectivity index (χ3n) is 3.61. The molecule has 5 heteroatoms. The summed E-state index contributed by atoms with van der Waals surface area (Å²) in [6.45, 7) is 3.96. The van der Waals surface area contributed by atoms with Gasteiger partial charge in [0.1, 0.15) is 12.4 Å². The molecule has 0 saturated carbocycles. The van der Waals surface area contributed by atoms with E-state index in [1.54, 1.807) is 7.11 Å². The Morgan fingerprint density at radius 1 is 1.48 bits per heavy atom. The van der Waals surface area contributed by atoms with Crippen molar-refractivity contribution in [2.45, 2.75) is 18.9 Å². The zero-order valence-corrected chi connectivity index (χ0v) is 13.2. The minimum absolute atomic E-state index is 0.126. The quantitative estimate of drug-likeness (QED) is 0.812. The maximum absolute atomic E-state index is 9.18. The third-order valence-corrected chi connectivity index (χ3v) is 3.85. The van der Waals surface area contributed by atoms with E-state index < -0.39 is 0 Å². The lowest BCUT2D eigenvalue weighted by molar-refractivity contribution is 0.0995. The molecule has 2 rings (SSSR count). The van der Waals surface area contributed by atoms with Gasteiger partial charge in [-0.3, -0.25) is 0 Å². The molecule has 1 aromatic rings. The second-order valence-electron chi connectivity index (χ2n) is 5.59. The molecule has 1 aliphatic heterocycles. The van der Waals surface area contributed by atoms with Crippen LogP contribution in [0.5, 0.6) is 5.75 Å². The first-order valence-corrected chi connectivity index (χ1v) is 7.41. The molecular formula is C16H22ClNO3. The highest BCUT2D eigenvalue weighted by molar-refractivity contribution is 6.30. The summed E-state index contributed by atoms with van der Waals surface area (Å²) in [6, 6.07) is 5.62. The van der Waals surface area contributed by atoms with Gasteiger partial charge in [-0.15, -0.1) is 0 Å². The summed E-state index contributed by atoms with van der Waals surface area (Å²) in [4.78, 5) is 0. The minimum Gasteiger partial charge on any atom is -0.489 e. The van der Waals surface area contributed by atoms with Gasteiger partial charge in [-0.25, -0.2) is 0 Å². The summed E-state index contributed by atoms with van der Waals surface area (Å²) in [5.74, 6) is 0.859. The van der Waals surface area contributed by atoms with Gasteiger partial charge in [0.05, 0.1) is 6.61 Å². The van der Waals surface area contributed by atoms with Gasteiger partial charge in [-0.1, -0.05) is 11.6 Å². The molecule has 1 aliphatic rings. The fourth-order valence-corrected chi connectivity index (χ4v) is 2.58. The summed E-state index contributed by atoms with van der Waals surface area (Å²) >= 11 is 6.01. The maximum atomic E-state index is 9.18. The van der Waals surface area contributed by atoms with Crippen molar-refractivity contribution in [1.82, 2.24) is 5.32 Å². The van der Waals surface area contributed by atoms with E-state index in [9.17, 15) is 5.11 Å². The number of ether oxygens (including phenoxy) is 2. The Balaban J connectivity index is 2.03. The first-order chi connectivity index (χ1) is 10.1. The van der Waals surface area contributed by atoms with Crippen molar-refractivity contribution in [3.63, 3.8) is 0 Å². The number of fused-ring (bicyclic) bond motifs is 1. The van der Waals surface area contributed by atoms with E-state index in [1.807, 2.05) is 25.1 Å². The summed E-state index contributed by atoms with van der Waals surface area (Å²) in [5, 5.41) is 13.3. The van der Waals surface area contributed by atoms with Crippen LogP contribution in [0.3, 0.4) is 0 Å². The molecule has 0 aromatic heterocycles. The summed E-state index contributed by atoms with van der Waals surface area (Å²) in [5.41, 5.74) is 1.89.